The summed E-state index contributed by atoms with van der Waals surface area (Å²) in [6, 6.07) is 36.7. The Balaban J connectivity index is -0.000000570. The second-order valence-corrected chi connectivity index (χ2v) is 10.2. The fraction of sp³-hybridized carbons (Fsp3) is 0.250. The molecule has 0 bridgehead atoms. The first kappa shape index (κ1) is 49.7. The predicted octanol–water partition coefficient (Wildman–Crippen LogP) is 3.56. The van der Waals surface area contributed by atoms with Crippen molar-refractivity contribution in [2.24, 2.45) is 0 Å². The summed E-state index contributed by atoms with van der Waals surface area (Å²) >= 11 is 0. The van der Waals surface area contributed by atoms with Gasteiger partial charge in [-0.15, -0.1) is 0 Å². The van der Waals surface area contributed by atoms with Gasteiger partial charge in [0.1, 0.15) is 5.60 Å². The minimum absolute atomic E-state index is 0. The van der Waals surface area contributed by atoms with Gasteiger partial charge in [-0.05, 0) is 33.4 Å². The van der Waals surface area contributed by atoms with E-state index in [1.165, 1.54) is 11.1 Å². The van der Waals surface area contributed by atoms with Gasteiger partial charge in [0, 0.05) is 54.3 Å². The average Bonchev–Trinajstić information content (AvgIpc) is 2.89. The van der Waals surface area contributed by atoms with Crippen molar-refractivity contribution >= 4 is 0 Å². The zero-order valence-electron chi connectivity index (χ0n) is 24.3. The summed E-state index contributed by atoms with van der Waals surface area (Å²) in [6.07, 6.45) is 0. The van der Waals surface area contributed by atoms with Crippen molar-refractivity contribution < 1.29 is 86.5 Å². The van der Waals surface area contributed by atoms with E-state index in [2.05, 4.69) is 100 Å². The van der Waals surface area contributed by atoms with Gasteiger partial charge in [0.25, 0.3) is 0 Å². The topological polar surface area (TPSA) is 225 Å². The molecule has 0 radical (unpaired) electrons. The number of hydrogen-bond donors (Lipinski definition) is 2. The van der Waals surface area contributed by atoms with E-state index in [1.54, 1.807) is 0 Å². The molecule has 0 aliphatic rings. The minimum atomic E-state index is -1.47. The van der Waals surface area contributed by atoms with Gasteiger partial charge >= 0.3 is 0 Å². The summed E-state index contributed by atoms with van der Waals surface area (Å²) in [4.78, 5) is 0. The van der Waals surface area contributed by atoms with E-state index in [0.29, 0.717) is 11.1 Å². The molecular formula is C32H43O8Ti2-3. The fourth-order valence-corrected chi connectivity index (χ4v) is 4.72. The van der Waals surface area contributed by atoms with Crippen LogP contribution in [-0.4, -0.2) is 49.7 Å². The first-order valence-corrected chi connectivity index (χ1v) is 11.9. The van der Waals surface area contributed by atoms with Gasteiger partial charge in [0.2, 0.25) is 0 Å². The van der Waals surface area contributed by atoms with Gasteiger partial charge in [0.05, 0.1) is 6.61 Å². The van der Waals surface area contributed by atoms with Crippen molar-refractivity contribution in [1.82, 2.24) is 0 Å². The summed E-state index contributed by atoms with van der Waals surface area (Å²) in [5.41, 5.74) is 4.34. The van der Waals surface area contributed by atoms with Crippen LogP contribution in [0.4, 0.5) is 0 Å². The Hall–Kier alpha value is -2.01. The summed E-state index contributed by atoms with van der Waals surface area (Å²) in [6.45, 7) is 8.40. The Morgan fingerprint density at radius 1 is 0.429 bits per heavy atom. The molecule has 0 atom stereocenters. The van der Waals surface area contributed by atoms with Crippen LogP contribution in [0.3, 0.4) is 0 Å². The van der Waals surface area contributed by atoms with E-state index < -0.39 is 12.2 Å². The van der Waals surface area contributed by atoms with Crippen molar-refractivity contribution in [2.45, 2.75) is 44.1 Å². The molecule has 4 aromatic carbocycles. The first-order valence-electron chi connectivity index (χ1n) is 11.9. The molecule has 0 fully saturated rings. The molecule has 0 aliphatic heterocycles. The van der Waals surface area contributed by atoms with Crippen molar-refractivity contribution in [3.63, 3.8) is 0 Å². The molecule has 42 heavy (non-hydrogen) atoms. The maximum Gasteiger partial charge on any atom is 0.138 e. The van der Waals surface area contributed by atoms with E-state index in [1.807, 2.05) is 36.4 Å². The largest absolute Gasteiger partial charge is 0.870 e. The van der Waals surface area contributed by atoms with Crippen LogP contribution in [0.2, 0.25) is 0 Å². The van der Waals surface area contributed by atoms with E-state index in [0.717, 1.165) is 11.1 Å². The van der Waals surface area contributed by atoms with Crippen LogP contribution >= 0.6 is 0 Å². The number of benzene rings is 4. The Bertz CT molecular complexity index is 1140. The SMILES string of the molecule is CC(C)(c1ccccc1)c1ccc(C(O)(CO)c2ccc(C(C)(C)c3ccccc3)cc2)cc1.O.O.O.[OH-].[OH-].[OH-].[Ti].[Ti]. The van der Waals surface area contributed by atoms with Crippen LogP contribution in [0.15, 0.2) is 109 Å². The molecule has 0 spiro atoms. The smallest absolute Gasteiger partial charge is 0.138 e. The second kappa shape index (κ2) is 20.0. The molecule has 0 heterocycles. The maximum atomic E-state index is 11.5. The van der Waals surface area contributed by atoms with Gasteiger partial charge in [0.15, 0.2) is 0 Å². The van der Waals surface area contributed by atoms with E-state index in [-0.39, 0.29) is 87.1 Å². The third-order valence-corrected chi connectivity index (χ3v) is 7.39. The molecular weight excluding hydrogens is 608 g/mol. The summed E-state index contributed by atoms with van der Waals surface area (Å²) in [7, 11) is 0. The third-order valence-electron chi connectivity index (χ3n) is 7.39. The Labute approximate surface area is 278 Å². The van der Waals surface area contributed by atoms with Crippen LogP contribution in [0.5, 0.6) is 0 Å². The quantitative estimate of drug-likeness (QED) is 0.285. The number of hydrogen-bond acceptors (Lipinski definition) is 5. The Morgan fingerprint density at radius 3 is 0.881 bits per heavy atom. The molecule has 0 saturated carbocycles. The van der Waals surface area contributed by atoms with Crippen molar-refractivity contribution in [2.75, 3.05) is 6.61 Å². The van der Waals surface area contributed by atoms with E-state index >= 15 is 0 Å². The average molecular weight is 651 g/mol. The Kier molecular flexibility index (Phi) is 23.7. The fourth-order valence-electron chi connectivity index (χ4n) is 4.72. The van der Waals surface area contributed by atoms with Gasteiger partial charge in [-0.25, -0.2) is 0 Å². The number of rotatable bonds is 7. The molecule has 0 aliphatic carbocycles. The van der Waals surface area contributed by atoms with Crippen molar-refractivity contribution in [3.8, 4) is 0 Å². The van der Waals surface area contributed by atoms with Gasteiger partial charge in [-0.1, -0.05) is 137 Å². The molecule has 4 rings (SSSR count). The number of aliphatic hydroxyl groups is 2. The maximum absolute atomic E-state index is 11.5. The zero-order valence-corrected chi connectivity index (χ0v) is 27.5. The molecule has 230 valence electrons. The van der Waals surface area contributed by atoms with Gasteiger partial charge < -0.3 is 43.1 Å². The standard InChI is InChI=1S/C32H34O2.6H2O.2Ti/c1-30(2,24-11-7-5-8-12-24)26-15-19-28(20-16-26)32(34,23-33)29-21-17-27(18-22-29)31(3,4)25-13-9-6-10-14-25;;;;;;;;/h5-22,33-34H,23H2,1-4H3;6*1H2;;/p-3. The molecule has 10 heteroatoms. The van der Waals surface area contributed by atoms with Crippen molar-refractivity contribution in [1.29, 1.82) is 0 Å². The summed E-state index contributed by atoms with van der Waals surface area (Å²) < 4.78 is 0. The first-order chi connectivity index (χ1) is 16.2. The molecule has 0 aromatic heterocycles. The summed E-state index contributed by atoms with van der Waals surface area (Å²) in [5.74, 6) is 0. The normalized spacial score (nSPS) is 10.1. The molecule has 11 N–H and O–H groups in total. The molecule has 0 saturated heterocycles. The number of aliphatic hydroxyl groups excluding tert-OH is 1. The van der Waals surface area contributed by atoms with Crippen LogP contribution in [-0.2, 0) is 59.9 Å². The molecule has 0 unspecified atom stereocenters. The minimum Gasteiger partial charge on any atom is -0.870 e. The summed E-state index contributed by atoms with van der Waals surface area (Å²) in [5, 5.41) is 21.8. The van der Waals surface area contributed by atoms with Crippen LogP contribution < -0.4 is 0 Å². The predicted molar refractivity (Wildman–Crippen MR) is 157 cm³/mol. The van der Waals surface area contributed by atoms with Crippen LogP contribution in [0.25, 0.3) is 0 Å². The monoisotopic (exact) mass is 651 g/mol. The molecule has 0 amide bonds. The van der Waals surface area contributed by atoms with E-state index in [9.17, 15) is 10.2 Å². The third kappa shape index (κ3) is 9.76. The Morgan fingerprint density at radius 2 is 0.643 bits per heavy atom. The second-order valence-electron chi connectivity index (χ2n) is 10.2. The van der Waals surface area contributed by atoms with Gasteiger partial charge in [-0.3, -0.25) is 0 Å². The van der Waals surface area contributed by atoms with Crippen molar-refractivity contribution in [3.05, 3.63) is 143 Å². The van der Waals surface area contributed by atoms with E-state index in [4.69, 9.17) is 0 Å². The van der Waals surface area contributed by atoms with Gasteiger partial charge in [-0.2, -0.15) is 0 Å². The zero-order chi connectivity index (χ0) is 24.4. The molecule has 4 aromatic rings. The van der Waals surface area contributed by atoms with Crippen LogP contribution in [0.1, 0.15) is 61.1 Å². The van der Waals surface area contributed by atoms with Crippen LogP contribution in [0, 0.1) is 0 Å². The molecule has 8 nitrogen and oxygen atoms in total.